The molecule has 1 amide bonds. The molecule has 0 aliphatic carbocycles. The van der Waals surface area contributed by atoms with Crippen molar-refractivity contribution >= 4 is 22.4 Å². The molecule has 0 unspecified atom stereocenters. The number of anilines is 1. The molecule has 2 aromatic rings. The van der Waals surface area contributed by atoms with E-state index in [1.54, 1.807) is 17.5 Å². The number of nitrogens with one attached hydrogen (secondary N) is 1. The highest BCUT2D eigenvalue weighted by Gasteiger charge is 2.22. The molecule has 1 saturated heterocycles. The summed E-state index contributed by atoms with van der Waals surface area (Å²) in [6, 6.07) is 9.98. The Kier molecular flexibility index (Phi) is 4.71. The predicted octanol–water partition coefficient (Wildman–Crippen LogP) is 2.60. The Morgan fingerprint density at radius 2 is 2.05 bits per heavy atom. The van der Waals surface area contributed by atoms with Gasteiger partial charge < -0.3 is 10.2 Å². The van der Waals surface area contributed by atoms with Gasteiger partial charge in [-0.3, -0.25) is 4.79 Å². The predicted molar refractivity (Wildman–Crippen MR) is 88.7 cm³/mol. The number of likely N-dealkylation sites (tertiary alicyclic amines) is 1. The molecule has 4 nitrogen and oxygen atoms in total. The van der Waals surface area contributed by atoms with Crippen LogP contribution in [0.3, 0.4) is 0 Å². The van der Waals surface area contributed by atoms with Crippen molar-refractivity contribution in [3.05, 3.63) is 47.5 Å². The number of hydrogen-bond donors (Lipinski definition) is 1. The van der Waals surface area contributed by atoms with Gasteiger partial charge in [0.15, 0.2) is 5.13 Å². The number of hydrogen-bond acceptors (Lipinski definition) is 4. The first-order valence-corrected chi connectivity index (χ1v) is 8.21. The normalized spacial score (nSPS) is 15.0. The van der Waals surface area contributed by atoms with Gasteiger partial charge in [0, 0.05) is 42.2 Å². The first kappa shape index (κ1) is 14.6. The third-order valence-electron chi connectivity index (χ3n) is 3.63. The summed E-state index contributed by atoms with van der Waals surface area (Å²) < 4.78 is 0. The van der Waals surface area contributed by atoms with Crippen LogP contribution >= 0.6 is 11.3 Å². The molecule has 5 heteroatoms. The Hall–Kier alpha value is -2.32. The summed E-state index contributed by atoms with van der Waals surface area (Å²) in [5, 5.41) is 6.32. The summed E-state index contributed by atoms with van der Waals surface area (Å²) in [5.41, 5.74) is 0.871. The minimum Gasteiger partial charge on any atom is -0.359 e. The Morgan fingerprint density at radius 1 is 1.27 bits per heavy atom. The summed E-state index contributed by atoms with van der Waals surface area (Å²) in [6.07, 6.45) is 3.65. The number of nitrogens with zero attached hydrogens (tertiary/aromatic N) is 2. The standard InChI is InChI=1S/C17H17N3OS/c21-16(7-6-14-4-2-1-3-5-14)20-11-8-15(9-12-20)19-17-18-10-13-22-17/h1-5,10,13,15H,8-9,11-12H2,(H,18,19). The lowest BCUT2D eigenvalue weighted by Crippen LogP contribution is -2.41. The lowest BCUT2D eigenvalue weighted by atomic mass is 10.1. The zero-order valence-corrected chi connectivity index (χ0v) is 13.0. The number of thiazole rings is 1. The highest BCUT2D eigenvalue weighted by atomic mass is 32.1. The molecule has 0 spiro atoms. The Bertz CT molecular complexity index is 665. The number of benzene rings is 1. The molecule has 0 bridgehead atoms. The lowest BCUT2D eigenvalue weighted by Gasteiger charge is -2.31. The molecule has 112 valence electrons. The number of aromatic nitrogens is 1. The Labute approximate surface area is 134 Å². The van der Waals surface area contributed by atoms with E-state index in [0.717, 1.165) is 36.6 Å². The monoisotopic (exact) mass is 311 g/mol. The van der Waals surface area contributed by atoms with Gasteiger partial charge >= 0.3 is 0 Å². The van der Waals surface area contributed by atoms with Crippen LogP contribution in [0.5, 0.6) is 0 Å². The van der Waals surface area contributed by atoms with Crippen LogP contribution in [-0.4, -0.2) is 34.9 Å². The van der Waals surface area contributed by atoms with E-state index in [-0.39, 0.29) is 5.91 Å². The number of piperidine rings is 1. The molecule has 1 aliphatic heterocycles. The third-order valence-corrected chi connectivity index (χ3v) is 4.33. The topological polar surface area (TPSA) is 45.2 Å². The van der Waals surface area contributed by atoms with E-state index < -0.39 is 0 Å². The van der Waals surface area contributed by atoms with Crippen LogP contribution in [0.1, 0.15) is 18.4 Å². The fourth-order valence-electron chi connectivity index (χ4n) is 2.42. The molecule has 1 N–H and O–H groups in total. The van der Waals surface area contributed by atoms with Crippen LogP contribution < -0.4 is 5.32 Å². The number of rotatable bonds is 2. The summed E-state index contributed by atoms with van der Waals surface area (Å²) in [4.78, 5) is 18.2. The van der Waals surface area contributed by atoms with Crippen molar-refractivity contribution in [2.24, 2.45) is 0 Å². The summed E-state index contributed by atoms with van der Waals surface area (Å²) in [7, 11) is 0. The fourth-order valence-corrected chi connectivity index (χ4v) is 3.03. The largest absolute Gasteiger partial charge is 0.359 e. The molecule has 1 aliphatic rings. The van der Waals surface area contributed by atoms with E-state index in [1.165, 1.54) is 0 Å². The third kappa shape index (κ3) is 3.86. The van der Waals surface area contributed by atoms with E-state index in [9.17, 15) is 4.79 Å². The maximum Gasteiger partial charge on any atom is 0.298 e. The van der Waals surface area contributed by atoms with Crippen molar-refractivity contribution in [3.8, 4) is 11.8 Å². The zero-order valence-electron chi connectivity index (χ0n) is 12.2. The molecule has 1 aromatic carbocycles. The minimum absolute atomic E-state index is 0.0865. The molecule has 0 atom stereocenters. The van der Waals surface area contributed by atoms with Crippen molar-refractivity contribution in [3.63, 3.8) is 0 Å². The quantitative estimate of drug-likeness (QED) is 0.867. The first-order chi connectivity index (χ1) is 10.8. The van der Waals surface area contributed by atoms with Crippen molar-refractivity contribution in [1.29, 1.82) is 0 Å². The highest BCUT2D eigenvalue weighted by molar-refractivity contribution is 7.13. The average Bonchev–Trinajstić information content (AvgIpc) is 3.07. The van der Waals surface area contributed by atoms with Gasteiger partial charge in [-0.1, -0.05) is 24.1 Å². The second-order valence-electron chi connectivity index (χ2n) is 5.16. The first-order valence-electron chi connectivity index (χ1n) is 7.33. The van der Waals surface area contributed by atoms with E-state index >= 15 is 0 Å². The van der Waals surface area contributed by atoms with Gasteiger partial charge in [0.05, 0.1) is 0 Å². The van der Waals surface area contributed by atoms with Crippen LogP contribution in [0, 0.1) is 11.8 Å². The van der Waals surface area contributed by atoms with Gasteiger partial charge in [0.2, 0.25) is 0 Å². The molecule has 1 aromatic heterocycles. The lowest BCUT2D eigenvalue weighted by molar-refractivity contribution is -0.126. The second-order valence-corrected chi connectivity index (χ2v) is 6.06. The van der Waals surface area contributed by atoms with Gasteiger partial charge in [0.25, 0.3) is 5.91 Å². The van der Waals surface area contributed by atoms with E-state index in [1.807, 2.05) is 40.6 Å². The van der Waals surface area contributed by atoms with Gasteiger partial charge in [-0.25, -0.2) is 4.98 Å². The van der Waals surface area contributed by atoms with Crippen LogP contribution in [0.2, 0.25) is 0 Å². The molecule has 1 fully saturated rings. The van der Waals surface area contributed by atoms with E-state index in [4.69, 9.17) is 0 Å². The molecule has 22 heavy (non-hydrogen) atoms. The van der Waals surface area contributed by atoms with Crippen LogP contribution in [-0.2, 0) is 4.79 Å². The van der Waals surface area contributed by atoms with Gasteiger partial charge in [-0.05, 0) is 25.0 Å². The second kappa shape index (κ2) is 7.10. The van der Waals surface area contributed by atoms with E-state index in [0.29, 0.717) is 6.04 Å². The molecular weight excluding hydrogens is 294 g/mol. The average molecular weight is 311 g/mol. The highest BCUT2D eigenvalue weighted by Crippen LogP contribution is 2.18. The number of carbonyl (C=O) groups excluding carboxylic acids is 1. The zero-order chi connectivity index (χ0) is 15.2. The van der Waals surface area contributed by atoms with Gasteiger partial charge in [-0.15, -0.1) is 11.3 Å². The minimum atomic E-state index is -0.0865. The maximum absolute atomic E-state index is 12.1. The molecule has 0 radical (unpaired) electrons. The molecular formula is C17H17N3OS. The SMILES string of the molecule is O=C(C#Cc1ccccc1)N1CCC(Nc2nccs2)CC1. The summed E-state index contributed by atoms with van der Waals surface area (Å²) in [5.74, 6) is 5.57. The van der Waals surface area contributed by atoms with E-state index in [2.05, 4.69) is 22.1 Å². The molecule has 3 rings (SSSR count). The van der Waals surface area contributed by atoms with Gasteiger partial charge in [0.1, 0.15) is 0 Å². The summed E-state index contributed by atoms with van der Waals surface area (Å²) >= 11 is 1.60. The van der Waals surface area contributed by atoms with Crippen LogP contribution in [0.25, 0.3) is 0 Å². The molecule has 0 saturated carbocycles. The van der Waals surface area contributed by atoms with Crippen molar-refractivity contribution in [2.75, 3.05) is 18.4 Å². The summed E-state index contributed by atoms with van der Waals surface area (Å²) in [6.45, 7) is 1.48. The van der Waals surface area contributed by atoms with Crippen molar-refractivity contribution in [1.82, 2.24) is 9.88 Å². The van der Waals surface area contributed by atoms with Gasteiger partial charge in [-0.2, -0.15) is 0 Å². The Balaban J connectivity index is 1.51. The van der Waals surface area contributed by atoms with Crippen LogP contribution in [0.4, 0.5) is 5.13 Å². The van der Waals surface area contributed by atoms with Crippen LogP contribution in [0.15, 0.2) is 41.9 Å². The van der Waals surface area contributed by atoms with Crippen molar-refractivity contribution < 1.29 is 4.79 Å². The fraction of sp³-hybridized carbons (Fsp3) is 0.294. The maximum atomic E-state index is 12.1. The Morgan fingerprint density at radius 3 is 2.73 bits per heavy atom. The number of amides is 1. The van der Waals surface area contributed by atoms with Crippen molar-refractivity contribution in [2.45, 2.75) is 18.9 Å². The number of carbonyl (C=O) groups is 1. The molecule has 2 heterocycles. The smallest absolute Gasteiger partial charge is 0.298 e.